The van der Waals surface area contributed by atoms with Gasteiger partial charge in [0.25, 0.3) is 0 Å². The maximum atomic E-state index is 4.55. The van der Waals surface area contributed by atoms with E-state index in [0.29, 0.717) is 0 Å². The van der Waals surface area contributed by atoms with Crippen LogP contribution in [-0.4, -0.2) is 21.8 Å². The molecule has 2 heterocycles. The minimum atomic E-state index is 0.816. The van der Waals surface area contributed by atoms with E-state index >= 15 is 0 Å². The van der Waals surface area contributed by atoms with Gasteiger partial charge in [0, 0.05) is 24.7 Å². The number of aryl methyl sites for hydroxylation is 1. The van der Waals surface area contributed by atoms with Crippen LogP contribution in [0, 0.1) is 0 Å². The summed E-state index contributed by atoms with van der Waals surface area (Å²) in [6.07, 6.45) is 1.82. The minimum absolute atomic E-state index is 0.816. The molecule has 0 aromatic carbocycles. The van der Waals surface area contributed by atoms with Crippen molar-refractivity contribution in [2.45, 2.75) is 20.0 Å². The van der Waals surface area contributed by atoms with Crippen LogP contribution in [0.1, 0.15) is 12.6 Å². The second kappa shape index (κ2) is 4.55. The fourth-order valence-corrected chi connectivity index (χ4v) is 2.30. The standard InChI is InChI=1S/C10H14N4S/c1-3-14-9(4-5-12-14)10-13-8(6-11-2)7-15-10/h4-5,7,11H,3,6H2,1-2H3. The molecule has 0 radical (unpaired) electrons. The topological polar surface area (TPSA) is 42.7 Å². The molecule has 0 atom stereocenters. The fourth-order valence-electron chi connectivity index (χ4n) is 1.45. The van der Waals surface area contributed by atoms with Crippen LogP contribution in [0.25, 0.3) is 10.7 Å². The van der Waals surface area contributed by atoms with Gasteiger partial charge in [0.2, 0.25) is 0 Å². The summed E-state index contributed by atoms with van der Waals surface area (Å²) in [7, 11) is 1.93. The Hall–Kier alpha value is -1.20. The number of thiazole rings is 1. The smallest absolute Gasteiger partial charge is 0.141 e. The van der Waals surface area contributed by atoms with Crippen molar-refractivity contribution in [3.63, 3.8) is 0 Å². The normalized spacial score (nSPS) is 10.8. The molecule has 2 aromatic rings. The molecule has 0 aliphatic heterocycles. The summed E-state index contributed by atoms with van der Waals surface area (Å²) in [6.45, 7) is 3.78. The number of nitrogens with zero attached hydrogens (tertiary/aromatic N) is 3. The number of hydrogen-bond acceptors (Lipinski definition) is 4. The molecule has 2 rings (SSSR count). The lowest BCUT2D eigenvalue weighted by molar-refractivity contribution is 0.666. The number of rotatable bonds is 4. The van der Waals surface area contributed by atoms with Crippen LogP contribution in [0.15, 0.2) is 17.6 Å². The van der Waals surface area contributed by atoms with Gasteiger partial charge in [0.15, 0.2) is 0 Å². The zero-order valence-electron chi connectivity index (χ0n) is 8.90. The molecule has 1 N–H and O–H groups in total. The van der Waals surface area contributed by atoms with Gasteiger partial charge in [-0.3, -0.25) is 4.68 Å². The van der Waals surface area contributed by atoms with Gasteiger partial charge in [0.1, 0.15) is 5.01 Å². The molecule has 4 nitrogen and oxygen atoms in total. The largest absolute Gasteiger partial charge is 0.314 e. The van der Waals surface area contributed by atoms with E-state index in [1.54, 1.807) is 11.3 Å². The van der Waals surface area contributed by atoms with E-state index in [2.05, 4.69) is 27.7 Å². The molecule has 5 heteroatoms. The van der Waals surface area contributed by atoms with Gasteiger partial charge in [-0.2, -0.15) is 5.10 Å². The van der Waals surface area contributed by atoms with Crippen LogP contribution in [0.2, 0.25) is 0 Å². The molecule has 15 heavy (non-hydrogen) atoms. The third-order valence-corrected chi connectivity index (χ3v) is 3.06. The quantitative estimate of drug-likeness (QED) is 0.857. The van der Waals surface area contributed by atoms with Gasteiger partial charge in [-0.15, -0.1) is 11.3 Å². The van der Waals surface area contributed by atoms with Crippen LogP contribution in [0.4, 0.5) is 0 Å². The Morgan fingerprint density at radius 1 is 1.53 bits per heavy atom. The first-order valence-electron chi connectivity index (χ1n) is 4.96. The first-order valence-corrected chi connectivity index (χ1v) is 5.84. The average molecular weight is 222 g/mol. The third-order valence-electron chi connectivity index (χ3n) is 2.14. The molecular formula is C10H14N4S. The first-order chi connectivity index (χ1) is 7.35. The fraction of sp³-hybridized carbons (Fsp3) is 0.400. The van der Waals surface area contributed by atoms with Crippen molar-refractivity contribution in [3.05, 3.63) is 23.3 Å². The molecule has 0 bridgehead atoms. The van der Waals surface area contributed by atoms with Gasteiger partial charge in [0.05, 0.1) is 11.4 Å². The molecule has 0 spiro atoms. The van der Waals surface area contributed by atoms with Crippen LogP contribution in [0.3, 0.4) is 0 Å². The van der Waals surface area contributed by atoms with E-state index in [9.17, 15) is 0 Å². The zero-order valence-corrected chi connectivity index (χ0v) is 9.71. The van der Waals surface area contributed by atoms with E-state index in [1.165, 1.54) is 0 Å². The van der Waals surface area contributed by atoms with Crippen molar-refractivity contribution in [3.8, 4) is 10.7 Å². The number of nitrogens with one attached hydrogen (secondary N) is 1. The van der Waals surface area contributed by atoms with Crippen LogP contribution >= 0.6 is 11.3 Å². The highest BCUT2D eigenvalue weighted by molar-refractivity contribution is 7.13. The van der Waals surface area contributed by atoms with Crippen LogP contribution in [0.5, 0.6) is 0 Å². The molecular weight excluding hydrogens is 208 g/mol. The van der Waals surface area contributed by atoms with Crippen molar-refractivity contribution in [2.24, 2.45) is 0 Å². The lowest BCUT2D eigenvalue weighted by atomic mass is 10.4. The predicted octanol–water partition coefficient (Wildman–Crippen LogP) is 1.75. The maximum Gasteiger partial charge on any atom is 0.141 e. The Balaban J connectivity index is 2.28. The van der Waals surface area contributed by atoms with Crippen molar-refractivity contribution >= 4 is 11.3 Å². The zero-order chi connectivity index (χ0) is 10.7. The highest BCUT2D eigenvalue weighted by Crippen LogP contribution is 2.23. The Morgan fingerprint density at radius 3 is 3.13 bits per heavy atom. The number of hydrogen-bond donors (Lipinski definition) is 1. The summed E-state index contributed by atoms with van der Waals surface area (Å²) in [6, 6.07) is 2.01. The molecule has 80 valence electrons. The highest BCUT2D eigenvalue weighted by Gasteiger charge is 2.08. The SMILES string of the molecule is CCn1nccc1-c1nc(CNC)cs1. The second-order valence-electron chi connectivity index (χ2n) is 3.21. The highest BCUT2D eigenvalue weighted by atomic mass is 32.1. The monoisotopic (exact) mass is 222 g/mol. The van der Waals surface area contributed by atoms with Crippen LogP contribution < -0.4 is 5.32 Å². The Kier molecular flexibility index (Phi) is 3.13. The molecule has 2 aromatic heterocycles. The van der Waals surface area contributed by atoms with Crippen molar-refractivity contribution in [1.29, 1.82) is 0 Å². The van der Waals surface area contributed by atoms with Crippen molar-refractivity contribution < 1.29 is 0 Å². The summed E-state index contributed by atoms with van der Waals surface area (Å²) in [5.41, 5.74) is 2.19. The van der Waals surface area contributed by atoms with Gasteiger partial charge >= 0.3 is 0 Å². The second-order valence-corrected chi connectivity index (χ2v) is 4.06. The van der Waals surface area contributed by atoms with E-state index in [1.807, 2.05) is 24.0 Å². The van der Waals surface area contributed by atoms with E-state index in [0.717, 1.165) is 29.5 Å². The molecule has 0 aliphatic carbocycles. The van der Waals surface area contributed by atoms with Gasteiger partial charge in [-0.05, 0) is 20.0 Å². The summed E-state index contributed by atoms with van der Waals surface area (Å²) >= 11 is 1.66. The molecule has 0 unspecified atom stereocenters. The van der Waals surface area contributed by atoms with Gasteiger partial charge in [-0.25, -0.2) is 4.98 Å². The molecule has 0 saturated heterocycles. The lowest BCUT2D eigenvalue weighted by Crippen LogP contribution is -2.05. The third kappa shape index (κ3) is 2.08. The molecule has 0 amide bonds. The van der Waals surface area contributed by atoms with E-state index in [-0.39, 0.29) is 0 Å². The van der Waals surface area contributed by atoms with Crippen molar-refractivity contribution in [1.82, 2.24) is 20.1 Å². The van der Waals surface area contributed by atoms with E-state index in [4.69, 9.17) is 0 Å². The van der Waals surface area contributed by atoms with Crippen LogP contribution in [-0.2, 0) is 13.1 Å². The van der Waals surface area contributed by atoms with E-state index < -0.39 is 0 Å². The Labute approximate surface area is 93.0 Å². The lowest BCUT2D eigenvalue weighted by Gasteiger charge is -2.00. The summed E-state index contributed by atoms with van der Waals surface area (Å²) < 4.78 is 1.96. The Morgan fingerprint density at radius 2 is 2.40 bits per heavy atom. The predicted molar refractivity (Wildman–Crippen MR) is 61.8 cm³/mol. The summed E-state index contributed by atoms with van der Waals surface area (Å²) in [4.78, 5) is 4.55. The van der Waals surface area contributed by atoms with Crippen molar-refractivity contribution in [2.75, 3.05) is 7.05 Å². The summed E-state index contributed by atoms with van der Waals surface area (Å²) in [5, 5.41) is 10.5. The molecule has 0 aliphatic rings. The first kappa shape index (κ1) is 10.3. The van der Waals surface area contributed by atoms with Gasteiger partial charge in [-0.1, -0.05) is 0 Å². The summed E-state index contributed by atoms with van der Waals surface area (Å²) in [5.74, 6) is 0. The van der Waals surface area contributed by atoms with Gasteiger partial charge < -0.3 is 5.32 Å². The average Bonchev–Trinajstić information content (AvgIpc) is 2.84. The molecule has 0 saturated carbocycles. The molecule has 0 fully saturated rings. The minimum Gasteiger partial charge on any atom is -0.314 e. The Bertz CT molecular complexity index is 432. The maximum absolute atomic E-state index is 4.55. The number of aromatic nitrogens is 3.